The second kappa shape index (κ2) is 8.88. The van der Waals surface area contributed by atoms with Gasteiger partial charge in [0, 0.05) is 0 Å². The van der Waals surface area contributed by atoms with Crippen LogP contribution in [-0.4, -0.2) is 22.3 Å². The van der Waals surface area contributed by atoms with Gasteiger partial charge in [-0.3, -0.25) is 4.79 Å². The fraction of sp³-hybridized carbons (Fsp3) is 0.154. The Bertz CT molecular complexity index is 1180. The van der Waals surface area contributed by atoms with Gasteiger partial charge in [-0.15, -0.1) is 0 Å². The lowest BCUT2D eigenvalue weighted by Gasteiger charge is -2.09. The van der Waals surface area contributed by atoms with Crippen LogP contribution in [0.25, 0.3) is 16.8 Å². The van der Waals surface area contributed by atoms with E-state index in [2.05, 4.69) is 22.5 Å². The van der Waals surface area contributed by atoms with Crippen LogP contribution in [0, 0.1) is 20.8 Å². The minimum absolute atomic E-state index is 0.0702. The van der Waals surface area contributed by atoms with E-state index in [1.165, 1.54) is 5.56 Å². The summed E-state index contributed by atoms with van der Waals surface area (Å²) >= 11 is 0. The zero-order valence-corrected chi connectivity index (χ0v) is 17.9. The van der Waals surface area contributed by atoms with E-state index >= 15 is 0 Å². The van der Waals surface area contributed by atoms with Crippen molar-refractivity contribution in [1.29, 1.82) is 0 Å². The van der Waals surface area contributed by atoms with Crippen molar-refractivity contribution in [2.75, 3.05) is 11.9 Å². The monoisotopic (exact) mass is 411 g/mol. The Kier molecular flexibility index (Phi) is 5.85. The third-order valence-corrected chi connectivity index (χ3v) is 5.17. The smallest absolute Gasteiger partial charge is 0.262 e. The molecular formula is C26H25N3O2. The number of hydrogen-bond donors (Lipinski definition) is 1. The van der Waals surface area contributed by atoms with Gasteiger partial charge in [-0.25, -0.2) is 4.68 Å². The summed E-state index contributed by atoms with van der Waals surface area (Å²) in [4.78, 5) is 12.5. The number of aryl methyl sites for hydroxylation is 2. The van der Waals surface area contributed by atoms with Crippen LogP contribution in [0.3, 0.4) is 0 Å². The molecule has 5 nitrogen and oxygen atoms in total. The third-order valence-electron chi connectivity index (χ3n) is 5.17. The number of benzene rings is 3. The van der Waals surface area contributed by atoms with Crippen LogP contribution in [0.5, 0.6) is 5.75 Å². The molecular weight excluding hydrogens is 386 g/mol. The number of hydrogen-bond acceptors (Lipinski definition) is 3. The van der Waals surface area contributed by atoms with Crippen molar-refractivity contribution in [1.82, 2.24) is 9.78 Å². The summed E-state index contributed by atoms with van der Waals surface area (Å²) in [6.45, 7) is 5.81. The SMILES string of the molecule is Cc1ccc(-n2nc(C)c(NC(=O)COc3ccc(-c4ccccc4)cc3)c2C)cc1. The Hall–Kier alpha value is -3.86. The van der Waals surface area contributed by atoms with Crippen LogP contribution < -0.4 is 10.1 Å². The van der Waals surface area contributed by atoms with Crippen LogP contribution in [0.2, 0.25) is 0 Å². The number of aromatic nitrogens is 2. The molecule has 0 aliphatic heterocycles. The zero-order valence-electron chi connectivity index (χ0n) is 17.9. The predicted octanol–water partition coefficient (Wildman–Crippen LogP) is 5.48. The molecule has 0 saturated heterocycles. The van der Waals surface area contributed by atoms with E-state index in [-0.39, 0.29) is 12.5 Å². The number of carbonyl (C=O) groups is 1. The molecule has 0 spiro atoms. The second-order valence-corrected chi connectivity index (χ2v) is 7.52. The summed E-state index contributed by atoms with van der Waals surface area (Å²) in [6, 6.07) is 26.0. The Morgan fingerprint density at radius 2 is 1.52 bits per heavy atom. The van der Waals surface area contributed by atoms with E-state index in [1.54, 1.807) is 0 Å². The quantitative estimate of drug-likeness (QED) is 0.457. The van der Waals surface area contributed by atoms with Gasteiger partial charge < -0.3 is 10.1 Å². The normalized spacial score (nSPS) is 10.7. The molecule has 0 aliphatic rings. The number of amides is 1. The van der Waals surface area contributed by atoms with Crippen molar-refractivity contribution in [3.63, 3.8) is 0 Å². The minimum Gasteiger partial charge on any atom is -0.484 e. The van der Waals surface area contributed by atoms with Crippen molar-refractivity contribution in [2.45, 2.75) is 20.8 Å². The van der Waals surface area contributed by atoms with Gasteiger partial charge in [0.1, 0.15) is 5.75 Å². The molecule has 156 valence electrons. The largest absolute Gasteiger partial charge is 0.484 e. The van der Waals surface area contributed by atoms with Gasteiger partial charge in [-0.05, 0) is 56.2 Å². The zero-order chi connectivity index (χ0) is 21.8. The maximum absolute atomic E-state index is 12.5. The van der Waals surface area contributed by atoms with Crippen molar-refractivity contribution in [2.24, 2.45) is 0 Å². The number of ether oxygens (including phenoxy) is 1. The van der Waals surface area contributed by atoms with Gasteiger partial charge >= 0.3 is 0 Å². The first kappa shape index (κ1) is 20.4. The molecule has 0 bridgehead atoms. The highest BCUT2D eigenvalue weighted by Crippen LogP contribution is 2.24. The highest BCUT2D eigenvalue weighted by atomic mass is 16.5. The number of nitrogens with one attached hydrogen (secondary N) is 1. The van der Waals surface area contributed by atoms with Gasteiger partial charge in [-0.1, -0.05) is 60.2 Å². The standard InChI is InChI=1S/C26H25N3O2/c1-18-9-13-23(14-10-18)29-20(3)26(19(2)28-29)27-25(30)17-31-24-15-11-22(12-16-24)21-7-5-4-6-8-21/h4-16H,17H2,1-3H3,(H,27,30). The van der Waals surface area contributed by atoms with Crippen molar-refractivity contribution < 1.29 is 9.53 Å². The van der Waals surface area contributed by atoms with E-state index in [9.17, 15) is 4.79 Å². The molecule has 1 amide bonds. The molecule has 4 rings (SSSR count). The molecule has 0 atom stereocenters. The number of carbonyl (C=O) groups excluding carboxylic acids is 1. The lowest BCUT2D eigenvalue weighted by molar-refractivity contribution is -0.118. The van der Waals surface area contributed by atoms with Crippen LogP contribution in [0.15, 0.2) is 78.9 Å². The van der Waals surface area contributed by atoms with Crippen LogP contribution in [0.4, 0.5) is 5.69 Å². The molecule has 5 heteroatoms. The van der Waals surface area contributed by atoms with Crippen molar-refractivity contribution >= 4 is 11.6 Å². The number of anilines is 1. The summed E-state index contributed by atoms with van der Waals surface area (Å²) in [6.07, 6.45) is 0. The molecule has 1 aromatic heterocycles. The maximum atomic E-state index is 12.5. The molecule has 0 unspecified atom stereocenters. The maximum Gasteiger partial charge on any atom is 0.262 e. The molecule has 31 heavy (non-hydrogen) atoms. The summed E-state index contributed by atoms with van der Waals surface area (Å²) in [7, 11) is 0. The summed E-state index contributed by atoms with van der Waals surface area (Å²) < 4.78 is 7.52. The van der Waals surface area contributed by atoms with Gasteiger partial charge in [0.25, 0.3) is 5.91 Å². The summed E-state index contributed by atoms with van der Waals surface area (Å²) in [5.41, 5.74) is 6.75. The predicted molar refractivity (Wildman–Crippen MR) is 124 cm³/mol. The topological polar surface area (TPSA) is 56.2 Å². The van der Waals surface area contributed by atoms with Gasteiger partial charge in [0.15, 0.2) is 6.61 Å². The average Bonchev–Trinajstić information content (AvgIpc) is 3.07. The second-order valence-electron chi connectivity index (χ2n) is 7.52. The molecule has 1 N–H and O–H groups in total. The molecule has 0 fully saturated rings. The summed E-state index contributed by atoms with van der Waals surface area (Å²) in [5, 5.41) is 7.52. The molecule has 1 heterocycles. The Morgan fingerprint density at radius 1 is 0.871 bits per heavy atom. The first-order chi connectivity index (χ1) is 15.0. The number of rotatable bonds is 6. The molecule has 3 aromatic carbocycles. The fourth-order valence-corrected chi connectivity index (χ4v) is 3.46. The molecule has 0 saturated carbocycles. The Labute approximate surface area is 182 Å². The number of nitrogens with zero attached hydrogens (tertiary/aromatic N) is 2. The van der Waals surface area contributed by atoms with E-state index in [4.69, 9.17) is 4.74 Å². The molecule has 4 aromatic rings. The lowest BCUT2D eigenvalue weighted by Crippen LogP contribution is -2.20. The van der Waals surface area contributed by atoms with Crippen LogP contribution >= 0.6 is 0 Å². The van der Waals surface area contributed by atoms with Crippen molar-refractivity contribution in [3.05, 3.63) is 95.8 Å². The van der Waals surface area contributed by atoms with E-state index in [0.29, 0.717) is 11.4 Å². The Morgan fingerprint density at radius 3 is 2.19 bits per heavy atom. The van der Waals surface area contributed by atoms with Crippen molar-refractivity contribution in [3.8, 4) is 22.6 Å². The molecule has 0 radical (unpaired) electrons. The van der Waals surface area contributed by atoms with E-state index in [1.807, 2.05) is 92.2 Å². The molecule has 0 aliphatic carbocycles. The average molecular weight is 412 g/mol. The first-order valence-corrected chi connectivity index (χ1v) is 10.2. The van der Waals surface area contributed by atoms with Gasteiger partial charge in [0.2, 0.25) is 0 Å². The Balaban J connectivity index is 1.40. The van der Waals surface area contributed by atoms with Gasteiger partial charge in [0.05, 0.1) is 22.8 Å². The minimum atomic E-state index is -0.221. The van der Waals surface area contributed by atoms with E-state index in [0.717, 1.165) is 28.2 Å². The van der Waals surface area contributed by atoms with E-state index < -0.39 is 0 Å². The lowest BCUT2D eigenvalue weighted by atomic mass is 10.1. The third kappa shape index (κ3) is 4.67. The van der Waals surface area contributed by atoms with Crippen LogP contribution in [0.1, 0.15) is 17.0 Å². The summed E-state index contributed by atoms with van der Waals surface area (Å²) in [5.74, 6) is 0.431. The highest BCUT2D eigenvalue weighted by molar-refractivity contribution is 5.93. The first-order valence-electron chi connectivity index (χ1n) is 10.2. The van der Waals surface area contributed by atoms with Crippen LogP contribution in [-0.2, 0) is 4.79 Å². The fourth-order valence-electron chi connectivity index (χ4n) is 3.46. The van der Waals surface area contributed by atoms with Gasteiger partial charge in [-0.2, -0.15) is 5.10 Å². The highest BCUT2D eigenvalue weighted by Gasteiger charge is 2.15.